The summed E-state index contributed by atoms with van der Waals surface area (Å²) in [5.74, 6) is -0.680. The molecule has 2 amide bonds. The summed E-state index contributed by atoms with van der Waals surface area (Å²) >= 11 is 0. The zero-order valence-corrected chi connectivity index (χ0v) is 18.9. The zero-order chi connectivity index (χ0) is 23.0. The van der Waals surface area contributed by atoms with Crippen LogP contribution in [0.3, 0.4) is 0 Å². The molecule has 0 aromatic heterocycles. The van der Waals surface area contributed by atoms with Crippen LogP contribution >= 0.6 is 0 Å². The van der Waals surface area contributed by atoms with E-state index in [0.717, 1.165) is 70.0 Å². The average molecular weight is 459 g/mol. The van der Waals surface area contributed by atoms with Gasteiger partial charge in [-0.2, -0.15) is 0 Å². The molecule has 2 aromatic carbocycles. The van der Waals surface area contributed by atoms with Crippen molar-refractivity contribution in [2.45, 2.75) is 12.5 Å². The maximum absolute atomic E-state index is 13.4. The van der Waals surface area contributed by atoms with Gasteiger partial charge in [-0.25, -0.2) is 13.6 Å². The molecule has 2 fully saturated rings. The smallest absolute Gasteiger partial charge is 0.318 e. The summed E-state index contributed by atoms with van der Waals surface area (Å²) < 4.78 is 32.3. The Morgan fingerprint density at radius 2 is 1.27 bits per heavy atom. The summed E-state index contributed by atoms with van der Waals surface area (Å²) in [6.45, 7) is 8.78. The number of carbonyl (C=O) groups is 1. The standard InChI is InChI=1S/C25H32F2N4O2/c26-22-6-2-20(3-7-22)24(21-4-8-23(27)9-5-21)28-25(32)31-14-12-29(13-15-31)10-1-11-30-16-18-33-19-17-30/h2-9,24H,1,10-19H2,(H,28,32). The van der Waals surface area contributed by atoms with Gasteiger partial charge in [0.25, 0.3) is 0 Å². The molecular weight excluding hydrogens is 426 g/mol. The molecule has 2 heterocycles. The first-order valence-electron chi connectivity index (χ1n) is 11.7. The summed E-state index contributed by atoms with van der Waals surface area (Å²) in [4.78, 5) is 19.7. The molecule has 2 saturated heterocycles. The number of piperazine rings is 1. The third-order valence-corrected chi connectivity index (χ3v) is 6.39. The Morgan fingerprint density at radius 1 is 0.788 bits per heavy atom. The molecule has 33 heavy (non-hydrogen) atoms. The van der Waals surface area contributed by atoms with Crippen molar-refractivity contribution in [1.29, 1.82) is 0 Å². The lowest BCUT2D eigenvalue weighted by Gasteiger charge is -2.36. The van der Waals surface area contributed by atoms with E-state index >= 15 is 0 Å². The number of urea groups is 1. The van der Waals surface area contributed by atoms with Crippen molar-refractivity contribution in [3.8, 4) is 0 Å². The van der Waals surface area contributed by atoms with E-state index in [1.54, 1.807) is 24.3 Å². The van der Waals surface area contributed by atoms with Gasteiger partial charge in [0.05, 0.1) is 19.3 Å². The van der Waals surface area contributed by atoms with Crippen molar-refractivity contribution < 1.29 is 18.3 Å². The number of nitrogens with one attached hydrogen (secondary N) is 1. The van der Waals surface area contributed by atoms with Crippen LogP contribution in [-0.4, -0.2) is 86.3 Å². The summed E-state index contributed by atoms with van der Waals surface area (Å²) in [6.07, 6.45) is 1.11. The third-order valence-electron chi connectivity index (χ3n) is 6.39. The van der Waals surface area contributed by atoms with Gasteiger partial charge in [-0.05, 0) is 54.9 Å². The number of hydrogen-bond acceptors (Lipinski definition) is 4. The topological polar surface area (TPSA) is 48.1 Å². The van der Waals surface area contributed by atoms with Gasteiger partial charge in [0.15, 0.2) is 0 Å². The summed E-state index contributed by atoms with van der Waals surface area (Å²) in [5, 5.41) is 3.06. The van der Waals surface area contributed by atoms with Crippen LogP contribution in [0.25, 0.3) is 0 Å². The minimum atomic E-state index is -0.481. The van der Waals surface area contributed by atoms with Gasteiger partial charge in [0.2, 0.25) is 0 Å². The quantitative estimate of drug-likeness (QED) is 0.693. The van der Waals surface area contributed by atoms with Crippen molar-refractivity contribution in [3.05, 3.63) is 71.3 Å². The number of hydrogen-bond donors (Lipinski definition) is 1. The monoisotopic (exact) mass is 458 g/mol. The van der Waals surface area contributed by atoms with E-state index in [0.29, 0.717) is 13.1 Å². The average Bonchev–Trinajstić information content (AvgIpc) is 2.85. The van der Waals surface area contributed by atoms with E-state index in [1.165, 1.54) is 24.3 Å². The highest BCUT2D eigenvalue weighted by molar-refractivity contribution is 5.75. The van der Waals surface area contributed by atoms with Crippen molar-refractivity contribution >= 4 is 6.03 Å². The molecule has 2 aliphatic rings. The number of carbonyl (C=O) groups excluding carboxylic acids is 1. The highest BCUT2D eigenvalue weighted by Crippen LogP contribution is 2.23. The Hall–Kier alpha value is -2.55. The molecular formula is C25H32F2N4O2. The van der Waals surface area contributed by atoms with Crippen LogP contribution in [0.4, 0.5) is 13.6 Å². The lowest BCUT2D eigenvalue weighted by atomic mass is 9.98. The minimum Gasteiger partial charge on any atom is -0.379 e. The van der Waals surface area contributed by atoms with Gasteiger partial charge in [-0.1, -0.05) is 24.3 Å². The predicted octanol–water partition coefficient (Wildman–Crippen LogP) is 3.10. The molecule has 2 aromatic rings. The van der Waals surface area contributed by atoms with Crippen molar-refractivity contribution in [3.63, 3.8) is 0 Å². The van der Waals surface area contributed by atoms with Gasteiger partial charge in [-0.3, -0.25) is 9.80 Å². The molecule has 2 aliphatic heterocycles. The number of amides is 2. The number of benzene rings is 2. The molecule has 0 unspecified atom stereocenters. The van der Waals surface area contributed by atoms with Crippen LogP contribution in [0.2, 0.25) is 0 Å². The van der Waals surface area contributed by atoms with E-state index in [4.69, 9.17) is 4.74 Å². The largest absolute Gasteiger partial charge is 0.379 e. The molecule has 0 saturated carbocycles. The van der Waals surface area contributed by atoms with Crippen molar-refractivity contribution in [2.24, 2.45) is 0 Å². The lowest BCUT2D eigenvalue weighted by molar-refractivity contribution is 0.0354. The minimum absolute atomic E-state index is 0.165. The molecule has 8 heteroatoms. The third kappa shape index (κ3) is 6.72. The van der Waals surface area contributed by atoms with E-state index in [-0.39, 0.29) is 17.7 Å². The number of nitrogens with zero attached hydrogens (tertiary/aromatic N) is 3. The Balaban J connectivity index is 1.30. The van der Waals surface area contributed by atoms with E-state index in [9.17, 15) is 13.6 Å². The first-order chi connectivity index (χ1) is 16.1. The van der Waals surface area contributed by atoms with Crippen molar-refractivity contribution in [1.82, 2.24) is 20.0 Å². The first kappa shape index (κ1) is 23.6. The predicted molar refractivity (Wildman–Crippen MR) is 123 cm³/mol. The molecule has 6 nitrogen and oxygen atoms in total. The van der Waals surface area contributed by atoms with Crippen molar-refractivity contribution in [2.75, 3.05) is 65.6 Å². The molecule has 0 aliphatic carbocycles. The summed E-state index contributed by atoms with van der Waals surface area (Å²) in [6, 6.07) is 11.4. The molecule has 4 rings (SSSR count). The number of rotatable bonds is 7. The summed E-state index contributed by atoms with van der Waals surface area (Å²) in [7, 11) is 0. The van der Waals surface area contributed by atoms with E-state index in [2.05, 4.69) is 15.1 Å². The number of morpholine rings is 1. The SMILES string of the molecule is O=C(NC(c1ccc(F)cc1)c1ccc(F)cc1)N1CCN(CCCN2CCOCC2)CC1. The molecule has 0 bridgehead atoms. The fraction of sp³-hybridized carbons (Fsp3) is 0.480. The first-order valence-corrected chi connectivity index (χ1v) is 11.7. The number of halogens is 2. The van der Waals surface area contributed by atoms with Crippen LogP contribution in [0.5, 0.6) is 0 Å². The Labute approximate surface area is 194 Å². The zero-order valence-electron chi connectivity index (χ0n) is 18.9. The van der Waals surface area contributed by atoms with Gasteiger partial charge in [0.1, 0.15) is 11.6 Å². The normalized spacial score (nSPS) is 18.0. The van der Waals surface area contributed by atoms with Crippen LogP contribution in [-0.2, 0) is 4.74 Å². The lowest BCUT2D eigenvalue weighted by Crippen LogP contribution is -2.52. The van der Waals surface area contributed by atoms with E-state index in [1.807, 2.05) is 4.90 Å². The Morgan fingerprint density at radius 3 is 1.79 bits per heavy atom. The molecule has 0 spiro atoms. The summed E-state index contributed by atoms with van der Waals surface area (Å²) in [5.41, 5.74) is 1.50. The van der Waals surface area contributed by atoms with Crippen LogP contribution in [0.1, 0.15) is 23.6 Å². The Kier molecular flexibility index (Phi) is 8.25. The van der Waals surface area contributed by atoms with Gasteiger partial charge in [-0.15, -0.1) is 0 Å². The molecule has 178 valence electrons. The second kappa shape index (κ2) is 11.5. The maximum atomic E-state index is 13.4. The molecule has 0 atom stereocenters. The molecule has 1 N–H and O–H groups in total. The van der Waals surface area contributed by atoms with Crippen LogP contribution < -0.4 is 5.32 Å². The van der Waals surface area contributed by atoms with Crippen LogP contribution in [0.15, 0.2) is 48.5 Å². The van der Waals surface area contributed by atoms with Gasteiger partial charge < -0.3 is 15.0 Å². The fourth-order valence-corrected chi connectivity index (χ4v) is 4.40. The second-order valence-corrected chi connectivity index (χ2v) is 8.62. The van der Waals surface area contributed by atoms with Crippen LogP contribution in [0, 0.1) is 11.6 Å². The Bertz CT molecular complexity index is 835. The van der Waals surface area contributed by atoms with Gasteiger partial charge >= 0.3 is 6.03 Å². The highest BCUT2D eigenvalue weighted by Gasteiger charge is 2.24. The number of ether oxygens (including phenoxy) is 1. The maximum Gasteiger partial charge on any atom is 0.318 e. The van der Waals surface area contributed by atoms with Gasteiger partial charge in [0, 0.05) is 39.3 Å². The fourth-order valence-electron chi connectivity index (χ4n) is 4.40. The second-order valence-electron chi connectivity index (χ2n) is 8.62. The highest BCUT2D eigenvalue weighted by atomic mass is 19.1. The molecule has 0 radical (unpaired) electrons. The van der Waals surface area contributed by atoms with E-state index < -0.39 is 6.04 Å².